The lowest BCUT2D eigenvalue weighted by atomic mass is 10.2. The minimum atomic E-state index is -4.41. The molecule has 0 unspecified atom stereocenters. The molecule has 0 bridgehead atoms. The number of alkyl halides is 3. The fraction of sp³-hybridized carbons (Fsp3) is 0.600. The summed E-state index contributed by atoms with van der Waals surface area (Å²) in [7, 11) is 0. The Hall–Kier alpha value is -1.33. The van der Waals surface area contributed by atoms with Crippen LogP contribution in [0.5, 0.6) is 0 Å². The molecule has 0 aromatic carbocycles. The number of rotatable bonds is 3. The van der Waals surface area contributed by atoms with E-state index in [-0.39, 0.29) is 11.9 Å². The Morgan fingerprint density at radius 2 is 2.06 bits per heavy atom. The molecule has 1 saturated carbocycles. The zero-order valence-electron chi connectivity index (χ0n) is 8.80. The van der Waals surface area contributed by atoms with Gasteiger partial charge in [-0.15, -0.1) is 0 Å². The lowest BCUT2D eigenvalue weighted by molar-refractivity contribution is -0.141. The van der Waals surface area contributed by atoms with Gasteiger partial charge in [-0.25, -0.2) is 9.97 Å². The van der Waals surface area contributed by atoms with Crippen molar-refractivity contribution in [3.63, 3.8) is 0 Å². The van der Waals surface area contributed by atoms with E-state index in [4.69, 9.17) is 0 Å². The van der Waals surface area contributed by atoms with E-state index >= 15 is 0 Å². The third kappa shape index (κ3) is 2.43. The standard InChI is InChI=1S/C10H12F3N3/c1-2-14-9-15-7(6-3-4-6)5-8(16-9)10(11,12)13/h5-6H,2-4H2,1H3,(H,14,15,16). The zero-order valence-corrected chi connectivity index (χ0v) is 8.80. The topological polar surface area (TPSA) is 37.8 Å². The van der Waals surface area contributed by atoms with Crippen molar-refractivity contribution in [3.05, 3.63) is 17.5 Å². The molecule has 1 fully saturated rings. The summed E-state index contributed by atoms with van der Waals surface area (Å²) in [5.74, 6) is 0.251. The van der Waals surface area contributed by atoms with Crippen LogP contribution in [-0.4, -0.2) is 16.5 Å². The summed E-state index contributed by atoms with van der Waals surface area (Å²) in [4.78, 5) is 7.53. The van der Waals surface area contributed by atoms with Crippen molar-refractivity contribution in [2.75, 3.05) is 11.9 Å². The molecular weight excluding hydrogens is 219 g/mol. The number of hydrogen-bond acceptors (Lipinski definition) is 3. The second kappa shape index (κ2) is 3.92. The Morgan fingerprint density at radius 3 is 2.56 bits per heavy atom. The second-order valence-electron chi connectivity index (χ2n) is 3.80. The molecule has 1 aliphatic rings. The van der Waals surface area contributed by atoms with E-state index in [0.717, 1.165) is 18.9 Å². The molecule has 88 valence electrons. The lowest BCUT2D eigenvalue weighted by Crippen LogP contribution is -2.13. The van der Waals surface area contributed by atoms with Gasteiger partial charge in [0.15, 0.2) is 0 Å². The summed E-state index contributed by atoms with van der Waals surface area (Å²) in [5.41, 5.74) is -0.362. The molecule has 0 atom stereocenters. The predicted octanol–water partition coefficient (Wildman–Crippen LogP) is 2.80. The van der Waals surface area contributed by atoms with E-state index in [1.165, 1.54) is 0 Å². The summed E-state index contributed by atoms with van der Waals surface area (Å²) in [5, 5.41) is 2.72. The summed E-state index contributed by atoms with van der Waals surface area (Å²) >= 11 is 0. The molecule has 0 amide bonds. The molecule has 0 radical (unpaired) electrons. The minimum absolute atomic E-state index is 0.0687. The fourth-order valence-corrected chi connectivity index (χ4v) is 1.44. The lowest BCUT2D eigenvalue weighted by Gasteiger charge is -2.10. The van der Waals surface area contributed by atoms with Crippen LogP contribution in [0.25, 0.3) is 0 Å². The Labute approximate surface area is 91.1 Å². The van der Waals surface area contributed by atoms with Gasteiger partial charge >= 0.3 is 6.18 Å². The quantitative estimate of drug-likeness (QED) is 0.869. The number of aromatic nitrogens is 2. The van der Waals surface area contributed by atoms with Gasteiger partial charge in [-0.05, 0) is 25.8 Å². The fourth-order valence-electron chi connectivity index (χ4n) is 1.44. The monoisotopic (exact) mass is 231 g/mol. The molecule has 2 rings (SSSR count). The molecule has 1 aliphatic carbocycles. The van der Waals surface area contributed by atoms with Crippen LogP contribution in [0.1, 0.15) is 37.1 Å². The third-order valence-electron chi connectivity index (χ3n) is 2.37. The highest BCUT2D eigenvalue weighted by atomic mass is 19.4. The molecule has 1 aromatic rings. The van der Waals surface area contributed by atoms with Crippen molar-refractivity contribution in [1.82, 2.24) is 9.97 Å². The average Bonchev–Trinajstić information content (AvgIpc) is 2.99. The maximum Gasteiger partial charge on any atom is 0.433 e. The van der Waals surface area contributed by atoms with E-state index in [0.29, 0.717) is 12.2 Å². The van der Waals surface area contributed by atoms with Gasteiger partial charge in [0.1, 0.15) is 5.69 Å². The van der Waals surface area contributed by atoms with E-state index in [1.807, 2.05) is 0 Å². The van der Waals surface area contributed by atoms with Crippen molar-refractivity contribution < 1.29 is 13.2 Å². The molecule has 0 spiro atoms. The Kier molecular flexibility index (Phi) is 2.73. The molecular formula is C10H12F3N3. The molecule has 1 heterocycles. The van der Waals surface area contributed by atoms with E-state index in [2.05, 4.69) is 15.3 Å². The van der Waals surface area contributed by atoms with Gasteiger partial charge in [0.2, 0.25) is 5.95 Å². The van der Waals surface area contributed by atoms with Gasteiger partial charge in [0, 0.05) is 18.2 Å². The van der Waals surface area contributed by atoms with Gasteiger partial charge in [0.05, 0.1) is 0 Å². The largest absolute Gasteiger partial charge is 0.433 e. The number of hydrogen-bond donors (Lipinski definition) is 1. The highest BCUT2D eigenvalue weighted by molar-refractivity contribution is 5.31. The first kappa shape index (κ1) is 11.2. The second-order valence-corrected chi connectivity index (χ2v) is 3.80. The Bertz CT molecular complexity index is 385. The van der Waals surface area contributed by atoms with Crippen LogP contribution in [0.3, 0.4) is 0 Å². The summed E-state index contributed by atoms with van der Waals surface area (Å²) < 4.78 is 37.7. The van der Waals surface area contributed by atoms with E-state index in [9.17, 15) is 13.2 Å². The molecule has 0 aliphatic heterocycles. The van der Waals surface area contributed by atoms with Gasteiger partial charge in [-0.1, -0.05) is 0 Å². The number of anilines is 1. The van der Waals surface area contributed by atoms with E-state index < -0.39 is 11.9 Å². The normalized spacial score (nSPS) is 16.2. The first-order valence-electron chi connectivity index (χ1n) is 5.20. The Balaban J connectivity index is 2.36. The highest BCUT2D eigenvalue weighted by Gasteiger charge is 2.35. The van der Waals surface area contributed by atoms with Crippen molar-refractivity contribution in [2.45, 2.75) is 31.9 Å². The first-order chi connectivity index (χ1) is 7.50. The van der Waals surface area contributed by atoms with Crippen LogP contribution in [0.4, 0.5) is 19.1 Å². The number of nitrogens with one attached hydrogen (secondary N) is 1. The summed E-state index contributed by atoms with van der Waals surface area (Å²) in [6, 6.07) is 1.05. The molecule has 3 nitrogen and oxygen atoms in total. The number of halogens is 3. The van der Waals surface area contributed by atoms with Crippen LogP contribution in [0.15, 0.2) is 6.07 Å². The first-order valence-corrected chi connectivity index (χ1v) is 5.20. The van der Waals surface area contributed by atoms with Crippen molar-refractivity contribution in [3.8, 4) is 0 Å². The van der Waals surface area contributed by atoms with Gasteiger partial charge in [0.25, 0.3) is 0 Å². The maximum atomic E-state index is 12.6. The van der Waals surface area contributed by atoms with Crippen molar-refractivity contribution >= 4 is 5.95 Å². The van der Waals surface area contributed by atoms with Crippen molar-refractivity contribution in [2.24, 2.45) is 0 Å². The third-order valence-corrected chi connectivity index (χ3v) is 2.37. The molecule has 16 heavy (non-hydrogen) atoms. The molecule has 0 saturated heterocycles. The smallest absolute Gasteiger partial charge is 0.354 e. The maximum absolute atomic E-state index is 12.6. The minimum Gasteiger partial charge on any atom is -0.354 e. The van der Waals surface area contributed by atoms with Crippen molar-refractivity contribution in [1.29, 1.82) is 0 Å². The van der Waals surface area contributed by atoms with Crippen LogP contribution in [0.2, 0.25) is 0 Å². The van der Waals surface area contributed by atoms with Crippen LogP contribution < -0.4 is 5.32 Å². The zero-order chi connectivity index (χ0) is 11.8. The van der Waals surface area contributed by atoms with Crippen LogP contribution in [0, 0.1) is 0 Å². The average molecular weight is 231 g/mol. The van der Waals surface area contributed by atoms with Gasteiger partial charge in [-0.3, -0.25) is 0 Å². The van der Waals surface area contributed by atoms with E-state index in [1.54, 1.807) is 6.92 Å². The summed E-state index contributed by atoms with van der Waals surface area (Å²) in [6.07, 6.45) is -2.57. The highest BCUT2D eigenvalue weighted by Crippen LogP contribution is 2.40. The predicted molar refractivity (Wildman–Crippen MR) is 53.2 cm³/mol. The molecule has 1 N–H and O–H groups in total. The van der Waals surface area contributed by atoms with Crippen LogP contribution in [-0.2, 0) is 6.18 Å². The Morgan fingerprint density at radius 1 is 1.38 bits per heavy atom. The summed E-state index contributed by atoms with van der Waals surface area (Å²) in [6.45, 7) is 2.30. The SMILES string of the molecule is CCNc1nc(C2CC2)cc(C(F)(F)F)n1. The number of nitrogens with zero attached hydrogens (tertiary/aromatic N) is 2. The molecule has 6 heteroatoms. The molecule has 1 aromatic heterocycles. The van der Waals surface area contributed by atoms with Crippen LogP contribution >= 0.6 is 0 Å². The van der Waals surface area contributed by atoms with Gasteiger partial charge < -0.3 is 5.32 Å². The van der Waals surface area contributed by atoms with Gasteiger partial charge in [-0.2, -0.15) is 13.2 Å².